The number of halogens is 7. The van der Waals surface area contributed by atoms with E-state index in [2.05, 4.69) is 72.7 Å². The summed E-state index contributed by atoms with van der Waals surface area (Å²) in [5.41, 5.74) is 12.6. The lowest BCUT2D eigenvalue weighted by molar-refractivity contribution is -0.140. The van der Waals surface area contributed by atoms with E-state index in [-0.39, 0.29) is 57.6 Å². The molecule has 0 unspecified atom stereocenters. The van der Waals surface area contributed by atoms with Crippen molar-refractivity contribution in [3.63, 3.8) is 0 Å². The summed E-state index contributed by atoms with van der Waals surface area (Å²) in [5, 5.41) is 9.58. The van der Waals surface area contributed by atoms with Crippen LogP contribution >= 0.6 is 11.6 Å². The summed E-state index contributed by atoms with van der Waals surface area (Å²) in [7, 11) is 0. The summed E-state index contributed by atoms with van der Waals surface area (Å²) < 4.78 is 93.0. The van der Waals surface area contributed by atoms with Crippen molar-refractivity contribution in [3.8, 4) is 22.8 Å². The number of nitrogens with one attached hydrogen (secondary N) is 3. The molecule has 7 N–H and O–H groups in total. The molecular formula is C40H51ClF6N20O2. The number of alkyl halides is 6. The van der Waals surface area contributed by atoms with Gasteiger partial charge in [-0.1, -0.05) is 0 Å². The van der Waals surface area contributed by atoms with Gasteiger partial charge in [0.1, 0.15) is 13.1 Å². The first-order valence-corrected chi connectivity index (χ1v) is 22.5. The summed E-state index contributed by atoms with van der Waals surface area (Å²) in [6.07, 6.45) is -3.24. The fourth-order valence-corrected chi connectivity index (χ4v) is 8.11. The number of nitrogen functional groups attached to an aromatic ring is 2. The topological polar surface area (TPSA) is 255 Å². The molecule has 0 aromatic carbocycles. The van der Waals surface area contributed by atoms with Gasteiger partial charge in [-0.15, -0.1) is 0 Å². The molecule has 10 rings (SSSR count). The lowest BCUT2D eigenvalue weighted by Crippen LogP contribution is -2.50. The summed E-state index contributed by atoms with van der Waals surface area (Å²) >= 11 is 6.00. The number of aromatic nitrogens is 12. The molecule has 69 heavy (non-hydrogen) atoms. The van der Waals surface area contributed by atoms with Crippen molar-refractivity contribution in [2.75, 3.05) is 118 Å². The third-order valence-electron chi connectivity index (χ3n) is 11.1. The lowest BCUT2D eigenvalue weighted by Gasteiger charge is -2.33. The highest BCUT2D eigenvalue weighted by molar-refractivity contribution is 6.29. The molecule has 0 bridgehead atoms. The summed E-state index contributed by atoms with van der Waals surface area (Å²) in [6.45, 7) is 10.7. The van der Waals surface area contributed by atoms with E-state index >= 15 is 0 Å². The van der Waals surface area contributed by atoms with E-state index in [9.17, 15) is 26.3 Å². The maximum atomic E-state index is 13.7. The molecule has 4 aliphatic heterocycles. The third kappa shape index (κ3) is 12.4. The number of anilines is 5. The quantitative estimate of drug-likeness (QED) is 0.114. The Morgan fingerprint density at radius 1 is 0.609 bits per heavy atom. The number of fused-ring (bicyclic) bond motifs is 2. The fraction of sp³-hybridized carbons (Fsp3) is 0.550. The van der Waals surface area contributed by atoms with E-state index in [1.54, 1.807) is 0 Å². The molecule has 2 atom stereocenters. The van der Waals surface area contributed by atoms with Crippen LogP contribution < -0.4 is 42.1 Å². The summed E-state index contributed by atoms with van der Waals surface area (Å²) in [5.74, 6) is 1.56. The number of piperazine rings is 2. The highest BCUT2D eigenvalue weighted by Crippen LogP contribution is 2.35. The predicted octanol–water partition coefficient (Wildman–Crippen LogP) is 2.55. The van der Waals surface area contributed by atoms with Crippen molar-refractivity contribution >= 4 is 63.4 Å². The molecule has 0 radical (unpaired) electrons. The Kier molecular flexibility index (Phi) is 15.2. The van der Waals surface area contributed by atoms with E-state index in [1.165, 1.54) is 24.8 Å². The van der Waals surface area contributed by atoms with Crippen LogP contribution in [-0.2, 0) is 22.6 Å². The van der Waals surface area contributed by atoms with Gasteiger partial charge in [-0.25, -0.2) is 49.8 Å². The standard InChI is InChI=1S/C20H25F3N10O.C15H14ClF3N8O.C5H12N2/c1-12-10-32(3-2-25-12)19-28-14-16(31-4-6-34-7-5-31)29-15(13-8-26-18(24)27-9-13)30-17(14)33(19)11-20(21,22)23;16-13-23-9-11(26-1-3-28-4-2-26)24-10(8-5-21-14(20)22-6-8)25-12(9)27(13)7-15(17,18)19;1-5-4-6-2-3-7-5/h8-9,12,25H,2-7,10-11H2,1H3,(H2,24,26,27);5-6H,1-4,7H2,(H2,20,21,22);5-7H,2-4H2,1H3/t12-;;5-/m0.0/s1. The summed E-state index contributed by atoms with van der Waals surface area (Å²) in [4.78, 5) is 48.2. The molecule has 0 spiro atoms. The second kappa shape index (κ2) is 21.3. The number of nitrogens with zero attached hydrogens (tertiary/aromatic N) is 15. The normalized spacial score (nSPS) is 19.3. The average Bonchev–Trinajstić information content (AvgIpc) is 3.84. The maximum Gasteiger partial charge on any atom is 0.406 e. The van der Waals surface area contributed by atoms with Gasteiger partial charge in [-0.3, -0.25) is 9.13 Å². The van der Waals surface area contributed by atoms with Gasteiger partial charge in [0.2, 0.25) is 23.1 Å². The van der Waals surface area contributed by atoms with Crippen LogP contribution in [0.1, 0.15) is 13.8 Å². The Hall–Kier alpha value is -6.07. The molecule has 22 nitrogen and oxygen atoms in total. The van der Waals surface area contributed by atoms with Crippen molar-refractivity contribution in [1.29, 1.82) is 0 Å². The van der Waals surface area contributed by atoms with Gasteiger partial charge >= 0.3 is 12.4 Å². The third-order valence-corrected chi connectivity index (χ3v) is 11.4. The molecule has 4 fully saturated rings. The van der Waals surface area contributed by atoms with Gasteiger partial charge in [0, 0.05) is 102 Å². The Morgan fingerprint density at radius 3 is 1.54 bits per heavy atom. The van der Waals surface area contributed by atoms with E-state index in [1.807, 2.05) is 21.6 Å². The van der Waals surface area contributed by atoms with Crippen LogP contribution in [0.3, 0.4) is 0 Å². The Bertz CT molecular complexity index is 2650. The van der Waals surface area contributed by atoms with Crippen LogP contribution in [0, 0.1) is 0 Å². The Balaban J connectivity index is 0.000000165. The van der Waals surface area contributed by atoms with E-state index < -0.39 is 25.4 Å². The Morgan fingerprint density at radius 2 is 1.09 bits per heavy atom. The van der Waals surface area contributed by atoms with Gasteiger partial charge in [0.05, 0.1) is 37.6 Å². The van der Waals surface area contributed by atoms with Crippen molar-refractivity contribution < 1.29 is 35.8 Å². The average molecular weight is 993 g/mol. The number of imidazole rings is 2. The van der Waals surface area contributed by atoms with Gasteiger partial charge in [0.25, 0.3) is 0 Å². The van der Waals surface area contributed by atoms with E-state index in [0.29, 0.717) is 107 Å². The second-order valence-corrected chi connectivity index (χ2v) is 16.8. The molecule has 4 saturated heterocycles. The van der Waals surface area contributed by atoms with Crippen LogP contribution in [-0.4, -0.2) is 175 Å². The smallest absolute Gasteiger partial charge is 0.378 e. The van der Waals surface area contributed by atoms with Crippen molar-refractivity contribution in [2.45, 2.75) is 51.4 Å². The molecule has 6 aromatic rings. The first-order valence-electron chi connectivity index (χ1n) is 22.1. The number of hydrogen-bond donors (Lipinski definition) is 5. The number of hydrogen-bond acceptors (Lipinski definition) is 20. The molecule has 372 valence electrons. The number of rotatable bonds is 7. The molecule has 29 heteroatoms. The van der Waals surface area contributed by atoms with Crippen LogP contribution in [0.2, 0.25) is 5.28 Å². The second-order valence-electron chi connectivity index (χ2n) is 16.5. The first-order chi connectivity index (χ1) is 33.0. The monoisotopic (exact) mass is 992 g/mol. The molecule has 0 aliphatic carbocycles. The first kappa shape index (κ1) is 49.4. The van der Waals surface area contributed by atoms with Gasteiger partial charge in [-0.2, -0.15) is 26.3 Å². The molecule has 0 saturated carbocycles. The minimum atomic E-state index is -4.49. The SMILES string of the molecule is C[C@H]1CN(c2nc3c(N4CCOCC4)nc(-c4cnc(N)nc4)nc3n2CC(F)(F)F)CCN1.C[C@H]1CNCCN1.Nc1ncc(-c2nc(N3CCOCC3)c3nc(Cl)n(CC(F)(F)F)c3n2)cn1. The van der Waals surface area contributed by atoms with Gasteiger partial charge in [-0.05, 0) is 25.4 Å². The highest BCUT2D eigenvalue weighted by atomic mass is 35.5. The van der Waals surface area contributed by atoms with Crippen LogP contribution in [0.25, 0.3) is 45.1 Å². The predicted molar refractivity (Wildman–Crippen MR) is 245 cm³/mol. The minimum Gasteiger partial charge on any atom is -0.378 e. The number of morpholine rings is 2. The highest BCUT2D eigenvalue weighted by Gasteiger charge is 2.35. The zero-order valence-electron chi connectivity index (χ0n) is 37.6. The Labute approximate surface area is 395 Å². The molecular weight excluding hydrogens is 942 g/mol. The lowest BCUT2D eigenvalue weighted by atomic mass is 10.2. The number of ether oxygens (including phenoxy) is 2. The largest absolute Gasteiger partial charge is 0.406 e. The van der Waals surface area contributed by atoms with E-state index in [4.69, 9.17) is 32.5 Å². The van der Waals surface area contributed by atoms with Crippen LogP contribution in [0.5, 0.6) is 0 Å². The van der Waals surface area contributed by atoms with Gasteiger partial charge in [0.15, 0.2) is 45.6 Å². The molecule has 4 aliphatic rings. The molecule has 10 heterocycles. The summed E-state index contributed by atoms with van der Waals surface area (Å²) in [6, 6.07) is 0.786. The molecule has 0 amide bonds. The van der Waals surface area contributed by atoms with Gasteiger partial charge < -0.3 is 51.6 Å². The zero-order valence-corrected chi connectivity index (χ0v) is 38.4. The van der Waals surface area contributed by atoms with E-state index in [0.717, 1.165) is 28.8 Å². The molecule has 6 aromatic heterocycles. The van der Waals surface area contributed by atoms with Crippen molar-refractivity contribution in [1.82, 2.24) is 74.9 Å². The van der Waals surface area contributed by atoms with Crippen molar-refractivity contribution in [3.05, 3.63) is 30.1 Å². The minimum absolute atomic E-state index is 0.0226. The van der Waals surface area contributed by atoms with Crippen molar-refractivity contribution in [2.24, 2.45) is 0 Å². The maximum absolute atomic E-state index is 13.7. The number of nitrogens with two attached hydrogens (primary N) is 2. The fourth-order valence-electron chi connectivity index (χ4n) is 7.89. The van der Waals surface area contributed by atoms with Crippen LogP contribution in [0.4, 0.5) is 55.8 Å². The van der Waals surface area contributed by atoms with Crippen LogP contribution in [0.15, 0.2) is 24.8 Å². The zero-order chi connectivity index (χ0) is 48.9.